The standard InChI is InChI=1S/C23H12F10O/c1-11-2-5-16(21(28)20(11)27)23(32,33)34-13-3-4-14(19(26)10-13)12-8-17(24)15(18(25)9-12)6-7-22(29,30)31/h2-10H,1H3/b7-6+. The molecule has 0 fully saturated rings. The Kier molecular flexibility index (Phi) is 6.68. The van der Waals surface area contributed by atoms with Crippen LogP contribution >= 0.6 is 0 Å². The van der Waals surface area contributed by atoms with Gasteiger partial charge in [-0.2, -0.15) is 22.0 Å². The van der Waals surface area contributed by atoms with Crippen LogP contribution in [0.15, 0.2) is 48.5 Å². The van der Waals surface area contributed by atoms with Crippen LogP contribution in [0.4, 0.5) is 43.9 Å². The molecule has 0 radical (unpaired) electrons. The van der Waals surface area contributed by atoms with E-state index in [2.05, 4.69) is 4.74 Å². The van der Waals surface area contributed by atoms with Crippen LogP contribution in [0.1, 0.15) is 16.7 Å². The largest absolute Gasteiger partial charge is 0.429 e. The van der Waals surface area contributed by atoms with Crippen molar-refractivity contribution in [2.24, 2.45) is 0 Å². The quantitative estimate of drug-likeness (QED) is 0.326. The van der Waals surface area contributed by atoms with E-state index in [1.54, 1.807) is 0 Å². The minimum Gasteiger partial charge on any atom is -0.429 e. The van der Waals surface area contributed by atoms with E-state index < -0.39 is 69.4 Å². The predicted octanol–water partition coefficient (Wildman–Crippen LogP) is 8.06. The minimum absolute atomic E-state index is 0.164. The molecule has 0 bridgehead atoms. The Balaban J connectivity index is 1.91. The van der Waals surface area contributed by atoms with Gasteiger partial charge < -0.3 is 4.74 Å². The van der Waals surface area contributed by atoms with Crippen LogP contribution in [-0.2, 0) is 6.11 Å². The summed E-state index contributed by atoms with van der Waals surface area (Å²) in [5.41, 5.74) is -3.62. The summed E-state index contributed by atoms with van der Waals surface area (Å²) in [5.74, 6) is -8.34. The molecule has 0 heterocycles. The first kappa shape index (κ1) is 25.1. The Morgan fingerprint density at radius 3 is 1.91 bits per heavy atom. The fourth-order valence-electron chi connectivity index (χ4n) is 2.94. The number of alkyl halides is 5. The van der Waals surface area contributed by atoms with Gasteiger partial charge in [-0.3, -0.25) is 0 Å². The molecule has 0 N–H and O–H groups in total. The van der Waals surface area contributed by atoms with Crippen molar-refractivity contribution < 1.29 is 48.6 Å². The van der Waals surface area contributed by atoms with Gasteiger partial charge in [-0.1, -0.05) is 6.07 Å². The normalized spacial score (nSPS) is 12.4. The number of allylic oxidation sites excluding steroid dienone is 1. The van der Waals surface area contributed by atoms with Gasteiger partial charge in [0.1, 0.15) is 28.8 Å². The molecule has 0 saturated heterocycles. The molecule has 0 atom stereocenters. The lowest BCUT2D eigenvalue weighted by atomic mass is 10.0. The summed E-state index contributed by atoms with van der Waals surface area (Å²) in [6.07, 6.45) is -9.45. The van der Waals surface area contributed by atoms with E-state index in [0.717, 1.165) is 25.1 Å². The average Bonchev–Trinajstić information content (AvgIpc) is 2.70. The number of rotatable bonds is 5. The Hall–Kier alpha value is -3.50. The zero-order valence-electron chi connectivity index (χ0n) is 16.9. The summed E-state index contributed by atoms with van der Waals surface area (Å²) in [5, 5.41) is 0. The maximum atomic E-state index is 14.5. The summed E-state index contributed by atoms with van der Waals surface area (Å²) >= 11 is 0. The van der Waals surface area contributed by atoms with Gasteiger partial charge in [-0.05, 0) is 54.5 Å². The zero-order chi connectivity index (χ0) is 25.4. The number of benzene rings is 3. The molecule has 11 heteroatoms. The summed E-state index contributed by atoms with van der Waals surface area (Å²) in [6, 6.07) is 4.60. The zero-order valence-corrected chi connectivity index (χ0v) is 16.9. The van der Waals surface area contributed by atoms with E-state index in [9.17, 15) is 43.9 Å². The van der Waals surface area contributed by atoms with Crippen molar-refractivity contribution in [3.05, 3.63) is 94.3 Å². The second kappa shape index (κ2) is 9.03. The molecule has 0 aliphatic carbocycles. The van der Waals surface area contributed by atoms with E-state index >= 15 is 0 Å². The minimum atomic E-state index is -4.82. The fourth-order valence-corrected chi connectivity index (χ4v) is 2.94. The SMILES string of the molecule is Cc1ccc(C(F)(F)Oc2ccc(-c3cc(F)c(/C=C/C(F)(F)F)c(F)c3)c(F)c2)c(F)c1F. The fraction of sp³-hybridized carbons (Fsp3) is 0.130. The van der Waals surface area contributed by atoms with Crippen LogP contribution in [0.3, 0.4) is 0 Å². The lowest BCUT2D eigenvalue weighted by Crippen LogP contribution is -2.24. The lowest BCUT2D eigenvalue weighted by molar-refractivity contribution is -0.187. The van der Waals surface area contributed by atoms with Crippen molar-refractivity contribution in [1.82, 2.24) is 0 Å². The molecular formula is C23H12F10O. The third-order valence-electron chi connectivity index (χ3n) is 4.60. The van der Waals surface area contributed by atoms with Crippen LogP contribution in [0.25, 0.3) is 17.2 Å². The van der Waals surface area contributed by atoms with Gasteiger partial charge in [0, 0.05) is 23.3 Å². The smallest absolute Gasteiger partial charge is 0.429 e. The van der Waals surface area contributed by atoms with Crippen molar-refractivity contribution in [2.45, 2.75) is 19.2 Å². The first-order valence-corrected chi connectivity index (χ1v) is 9.26. The van der Waals surface area contributed by atoms with Crippen molar-refractivity contribution in [3.63, 3.8) is 0 Å². The van der Waals surface area contributed by atoms with Crippen molar-refractivity contribution in [3.8, 4) is 16.9 Å². The molecule has 1 nitrogen and oxygen atoms in total. The average molecular weight is 494 g/mol. The molecule has 0 spiro atoms. The number of hydrogen-bond donors (Lipinski definition) is 0. The highest BCUT2D eigenvalue weighted by Gasteiger charge is 2.39. The molecule has 3 aromatic rings. The number of aryl methyl sites for hydroxylation is 1. The monoisotopic (exact) mass is 494 g/mol. The van der Waals surface area contributed by atoms with Crippen LogP contribution in [-0.4, -0.2) is 6.18 Å². The van der Waals surface area contributed by atoms with Gasteiger partial charge in [0.15, 0.2) is 11.6 Å². The van der Waals surface area contributed by atoms with Gasteiger partial charge in [0.2, 0.25) is 0 Å². The molecule has 3 aromatic carbocycles. The molecule has 0 aromatic heterocycles. The molecule has 0 amide bonds. The molecule has 3 rings (SSSR count). The van der Waals surface area contributed by atoms with Crippen LogP contribution < -0.4 is 4.74 Å². The topological polar surface area (TPSA) is 9.23 Å². The van der Waals surface area contributed by atoms with Gasteiger partial charge in [-0.15, -0.1) is 0 Å². The molecule has 0 unspecified atom stereocenters. The highest BCUT2D eigenvalue weighted by molar-refractivity contribution is 5.68. The molecular weight excluding hydrogens is 482 g/mol. The predicted molar refractivity (Wildman–Crippen MR) is 102 cm³/mol. The molecule has 34 heavy (non-hydrogen) atoms. The lowest BCUT2D eigenvalue weighted by Gasteiger charge is -2.20. The Bertz CT molecular complexity index is 1240. The van der Waals surface area contributed by atoms with Crippen LogP contribution in [0, 0.1) is 36.0 Å². The summed E-state index contributed by atoms with van der Waals surface area (Å²) in [6.45, 7) is 1.15. The van der Waals surface area contributed by atoms with Gasteiger partial charge in [0.05, 0.1) is 0 Å². The highest BCUT2D eigenvalue weighted by Crippen LogP contribution is 2.36. The molecule has 0 aliphatic rings. The number of halogens is 10. The van der Waals surface area contributed by atoms with E-state index in [1.165, 1.54) is 0 Å². The highest BCUT2D eigenvalue weighted by atomic mass is 19.4. The second-order valence-electron chi connectivity index (χ2n) is 7.05. The first-order chi connectivity index (χ1) is 15.7. The first-order valence-electron chi connectivity index (χ1n) is 9.26. The molecule has 0 saturated carbocycles. The van der Waals surface area contributed by atoms with Gasteiger partial charge >= 0.3 is 12.3 Å². The Labute approximate surface area is 185 Å². The third kappa shape index (κ3) is 5.35. The maximum Gasteiger partial charge on any atom is 0.429 e. The maximum absolute atomic E-state index is 14.5. The van der Waals surface area contributed by atoms with Crippen molar-refractivity contribution in [1.29, 1.82) is 0 Å². The van der Waals surface area contributed by atoms with Gasteiger partial charge in [0.25, 0.3) is 0 Å². The second-order valence-corrected chi connectivity index (χ2v) is 7.05. The number of hydrogen-bond acceptors (Lipinski definition) is 1. The summed E-state index contributed by atoms with van der Waals surface area (Å²) in [7, 11) is 0. The Morgan fingerprint density at radius 1 is 0.735 bits per heavy atom. The summed E-state index contributed by atoms with van der Waals surface area (Å²) < 4.78 is 140. The van der Waals surface area contributed by atoms with Crippen molar-refractivity contribution >= 4 is 6.08 Å². The van der Waals surface area contributed by atoms with E-state index in [0.29, 0.717) is 24.3 Å². The van der Waals surface area contributed by atoms with Gasteiger partial charge in [-0.25, -0.2) is 22.0 Å². The van der Waals surface area contributed by atoms with E-state index in [-0.39, 0.29) is 17.7 Å². The summed E-state index contributed by atoms with van der Waals surface area (Å²) in [4.78, 5) is 0. The molecule has 0 aliphatic heterocycles. The van der Waals surface area contributed by atoms with Crippen molar-refractivity contribution in [2.75, 3.05) is 0 Å². The Morgan fingerprint density at radius 2 is 1.35 bits per heavy atom. The van der Waals surface area contributed by atoms with Crippen LogP contribution in [0.2, 0.25) is 0 Å². The van der Waals surface area contributed by atoms with E-state index in [4.69, 9.17) is 0 Å². The van der Waals surface area contributed by atoms with E-state index in [1.807, 2.05) is 0 Å². The molecule has 180 valence electrons. The third-order valence-corrected chi connectivity index (χ3v) is 4.60. The van der Waals surface area contributed by atoms with Crippen LogP contribution in [0.5, 0.6) is 5.75 Å². The number of ether oxygens (including phenoxy) is 1.